The molecule has 1 aromatic rings. The van der Waals surface area contributed by atoms with Crippen LogP contribution in [0.1, 0.15) is 10.4 Å². The van der Waals surface area contributed by atoms with E-state index in [-0.39, 0.29) is 0 Å². The van der Waals surface area contributed by atoms with Gasteiger partial charge < -0.3 is 0 Å². The summed E-state index contributed by atoms with van der Waals surface area (Å²) in [6.07, 6.45) is 0. The number of hydrogen-bond acceptors (Lipinski definition) is 4. The molecular formula is C11H11N3O2S. The molecule has 88 valence electrons. The number of rotatable bonds is 1. The molecule has 2 rings (SSSR count). The molecule has 1 aliphatic heterocycles. The molecule has 6 heteroatoms. The third-order valence-electron chi connectivity index (χ3n) is 2.07. The Morgan fingerprint density at radius 1 is 1.24 bits per heavy atom. The summed E-state index contributed by atoms with van der Waals surface area (Å²) in [7, 11) is 0. The lowest BCUT2D eigenvalue weighted by molar-refractivity contribution is 0.0965. The van der Waals surface area contributed by atoms with Crippen LogP contribution in [0.15, 0.2) is 35.3 Å². The van der Waals surface area contributed by atoms with Crippen molar-refractivity contribution in [2.45, 2.75) is 0 Å². The summed E-state index contributed by atoms with van der Waals surface area (Å²) in [6.45, 7) is 0.701. The average Bonchev–Trinajstić information content (AvgIpc) is 2.82. The fraction of sp³-hybridized carbons (Fsp3) is 0.182. The van der Waals surface area contributed by atoms with Gasteiger partial charge >= 0.3 is 6.03 Å². The maximum absolute atomic E-state index is 11.6. The lowest BCUT2D eigenvalue weighted by Gasteiger charge is -2.05. The van der Waals surface area contributed by atoms with Gasteiger partial charge in [0.05, 0.1) is 6.54 Å². The van der Waals surface area contributed by atoms with Crippen molar-refractivity contribution in [1.82, 2.24) is 10.6 Å². The molecule has 1 aromatic carbocycles. The van der Waals surface area contributed by atoms with Gasteiger partial charge in [-0.3, -0.25) is 20.4 Å². The maximum atomic E-state index is 11.6. The van der Waals surface area contributed by atoms with Crippen LogP contribution in [0.5, 0.6) is 0 Å². The lowest BCUT2D eigenvalue weighted by Crippen LogP contribution is -2.41. The van der Waals surface area contributed by atoms with E-state index in [9.17, 15) is 9.59 Å². The van der Waals surface area contributed by atoms with Crippen molar-refractivity contribution in [3.05, 3.63) is 35.9 Å². The predicted octanol–water partition coefficient (Wildman–Crippen LogP) is 1.23. The van der Waals surface area contributed by atoms with Gasteiger partial charge in [-0.05, 0) is 12.1 Å². The molecule has 2 N–H and O–H groups in total. The van der Waals surface area contributed by atoms with Crippen LogP contribution in [0.2, 0.25) is 0 Å². The lowest BCUT2D eigenvalue weighted by atomic mass is 10.2. The number of thioether (sulfide) groups is 1. The Bertz CT molecular complexity index is 459. The van der Waals surface area contributed by atoms with E-state index >= 15 is 0 Å². The summed E-state index contributed by atoms with van der Waals surface area (Å²) in [5.41, 5.74) is 0.448. The summed E-state index contributed by atoms with van der Waals surface area (Å²) in [5, 5.41) is 5.32. The second-order valence-electron chi connectivity index (χ2n) is 3.31. The summed E-state index contributed by atoms with van der Waals surface area (Å²) >= 11 is 1.46. The van der Waals surface area contributed by atoms with Crippen molar-refractivity contribution in [3.63, 3.8) is 0 Å². The van der Waals surface area contributed by atoms with E-state index in [1.807, 2.05) is 0 Å². The summed E-state index contributed by atoms with van der Waals surface area (Å²) in [4.78, 5) is 27.1. The first kappa shape index (κ1) is 11.7. The van der Waals surface area contributed by atoms with Gasteiger partial charge in [-0.15, -0.1) is 0 Å². The number of nitrogens with one attached hydrogen (secondary N) is 2. The summed E-state index contributed by atoms with van der Waals surface area (Å²) in [5.74, 6) is 0.439. The molecule has 0 radical (unpaired) electrons. The molecule has 0 atom stereocenters. The SMILES string of the molecule is O=C(NC(=O)c1ccccc1)NC1=NCCS1. The zero-order valence-corrected chi connectivity index (χ0v) is 9.79. The number of aliphatic imine (C=N–C) groups is 1. The van der Waals surface area contributed by atoms with Crippen molar-refractivity contribution >= 4 is 28.9 Å². The molecule has 1 heterocycles. The van der Waals surface area contributed by atoms with E-state index in [4.69, 9.17) is 0 Å². The third kappa shape index (κ3) is 3.32. The molecule has 0 saturated carbocycles. The van der Waals surface area contributed by atoms with E-state index in [0.717, 1.165) is 5.75 Å². The summed E-state index contributed by atoms with van der Waals surface area (Å²) in [6, 6.07) is 8.02. The Labute approximate surface area is 103 Å². The van der Waals surface area contributed by atoms with Crippen LogP contribution < -0.4 is 10.6 Å². The highest BCUT2D eigenvalue weighted by Gasteiger charge is 2.13. The van der Waals surface area contributed by atoms with E-state index in [2.05, 4.69) is 15.6 Å². The van der Waals surface area contributed by atoms with E-state index in [0.29, 0.717) is 17.3 Å². The number of amidine groups is 1. The monoisotopic (exact) mass is 249 g/mol. The number of imide groups is 1. The van der Waals surface area contributed by atoms with Gasteiger partial charge in [0.25, 0.3) is 5.91 Å². The minimum atomic E-state index is -0.549. The summed E-state index contributed by atoms with van der Waals surface area (Å²) < 4.78 is 0. The Hall–Kier alpha value is -1.82. The number of carbonyl (C=O) groups is 2. The Morgan fingerprint density at radius 2 is 2.00 bits per heavy atom. The number of urea groups is 1. The largest absolute Gasteiger partial charge is 0.327 e. The predicted molar refractivity (Wildman–Crippen MR) is 67.2 cm³/mol. The van der Waals surface area contributed by atoms with Crippen molar-refractivity contribution in [1.29, 1.82) is 0 Å². The van der Waals surface area contributed by atoms with Crippen LogP contribution in [0.3, 0.4) is 0 Å². The highest BCUT2D eigenvalue weighted by Crippen LogP contribution is 2.08. The van der Waals surface area contributed by atoms with Crippen LogP contribution >= 0.6 is 11.8 Å². The van der Waals surface area contributed by atoms with Crippen LogP contribution in [0.4, 0.5) is 4.79 Å². The first-order chi connectivity index (χ1) is 8.25. The second-order valence-corrected chi connectivity index (χ2v) is 4.39. The molecule has 0 spiro atoms. The zero-order valence-electron chi connectivity index (χ0n) is 8.97. The number of nitrogens with zero attached hydrogens (tertiary/aromatic N) is 1. The first-order valence-corrected chi connectivity index (χ1v) is 6.09. The molecule has 5 nitrogen and oxygen atoms in total. The van der Waals surface area contributed by atoms with Gasteiger partial charge in [0, 0.05) is 11.3 Å². The zero-order chi connectivity index (χ0) is 12.1. The fourth-order valence-corrected chi connectivity index (χ4v) is 2.03. The molecule has 0 bridgehead atoms. The van der Waals surface area contributed by atoms with Gasteiger partial charge in [-0.2, -0.15) is 0 Å². The molecule has 0 unspecified atom stereocenters. The minimum absolute atomic E-state index is 0.424. The van der Waals surface area contributed by atoms with Gasteiger partial charge in [-0.1, -0.05) is 30.0 Å². The highest BCUT2D eigenvalue weighted by atomic mass is 32.2. The van der Waals surface area contributed by atoms with E-state index in [1.54, 1.807) is 30.3 Å². The van der Waals surface area contributed by atoms with Crippen molar-refractivity contribution in [3.8, 4) is 0 Å². The number of benzene rings is 1. The average molecular weight is 249 g/mol. The second kappa shape index (κ2) is 5.49. The number of hydrogen-bond donors (Lipinski definition) is 2. The number of carbonyl (C=O) groups excluding carboxylic acids is 2. The fourth-order valence-electron chi connectivity index (χ4n) is 1.30. The molecule has 0 aliphatic carbocycles. The standard InChI is InChI=1S/C11H11N3O2S/c15-9(8-4-2-1-3-5-8)13-10(16)14-11-12-6-7-17-11/h1-5H,6-7H2,(H2,12,13,14,15,16). The van der Waals surface area contributed by atoms with Gasteiger partial charge in [-0.25, -0.2) is 4.79 Å². The molecule has 0 fully saturated rings. The number of amides is 3. The van der Waals surface area contributed by atoms with Crippen LogP contribution in [0.25, 0.3) is 0 Å². The quantitative estimate of drug-likeness (QED) is 0.786. The Balaban J connectivity index is 1.88. The van der Waals surface area contributed by atoms with Gasteiger partial charge in [0.15, 0.2) is 5.17 Å². The van der Waals surface area contributed by atoms with Crippen molar-refractivity contribution < 1.29 is 9.59 Å². The third-order valence-corrected chi connectivity index (χ3v) is 2.96. The van der Waals surface area contributed by atoms with Crippen LogP contribution in [0, 0.1) is 0 Å². The maximum Gasteiger partial charge on any atom is 0.327 e. The normalized spacial score (nSPS) is 14.0. The van der Waals surface area contributed by atoms with Crippen LogP contribution in [-0.4, -0.2) is 29.4 Å². The minimum Gasteiger partial charge on any atom is -0.287 e. The Morgan fingerprint density at radius 3 is 2.65 bits per heavy atom. The molecule has 1 aliphatic rings. The van der Waals surface area contributed by atoms with Gasteiger partial charge in [0.1, 0.15) is 0 Å². The van der Waals surface area contributed by atoms with Crippen molar-refractivity contribution in [2.24, 2.45) is 4.99 Å². The smallest absolute Gasteiger partial charge is 0.287 e. The van der Waals surface area contributed by atoms with Crippen LogP contribution in [-0.2, 0) is 0 Å². The van der Waals surface area contributed by atoms with E-state index in [1.165, 1.54) is 11.8 Å². The molecule has 3 amide bonds. The molecule has 0 saturated heterocycles. The molecule has 17 heavy (non-hydrogen) atoms. The van der Waals surface area contributed by atoms with Gasteiger partial charge in [0.2, 0.25) is 0 Å². The molecular weight excluding hydrogens is 238 g/mol. The highest BCUT2D eigenvalue weighted by molar-refractivity contribution is 8.14. The van der Waals surface area contributed by atoms with E-state index < -0.39 is 11.9 Å². The van der Waals surface area contributed by atoms with Crippen molar-refractivity contribution in [2.75, 3.05) is 12.3 Å². The topological polar surface area (TPSA) is 70.6 Å². The Kier molecular flexibility index (Phi) is 3.77. The first-order valence-electron chi connectivity index (χ1n) is 5.10. The molecule has 0 aromatic heterocycles.